The van der Waals surface area contributed by atoms with Gasteiger partial charge in [0, 0.05) is 10.6 Å². The highest BCUT2D eigenvalue weighted by molar-refractivity contribution is 7.98. The van der Waals surface area contributed by atoms with Gasteiger partial charge in [-0.3, -0.25) is 0 Å². The largest absolute Gasteiger partial charge is 0.223 e. The molecule has 0 N–H and O–H groups in total. The summed E-state index contributed by atoms with van der Waals surface area (Å²) in [5.74, 6) is 0.0126. The van der Waals surface area contributed by atoms with Crippen molar-refractivity contribution >= 4 is 23.4 Å². The Morgan fingerprint density at radius 1 is 1.30 bits per heavy atom. The van der Waals surface area contributed by atoms with Crippen LogP contribution in [0.25, 0.3) is 5.69 Å². The van der Waals surface area contributed by atoms with Gasteiger partial charge in [0.25, 0.3) is 0 Å². The molecule has 0 aliphatic carbocycles. The third-order valence-corrected chi connectivity index (χ3v) is 4.81. The van der Waals surface area contributed by atoms with E-state index in [1.807, 2.05) is 36.4 Å². The first kappa shape index (κ1) is 15.5. The molecule has 2 aromatic carbocycles. The number of rotatable bonds is 4. The number of halogens is 2. The zero-order chi connectivity index (χ0) is 16.2. The summed E-state index contributed by atoms with van der Waals surface area (Å²) >= 11 is 7.74. The van der Waals surface area contributed by atoms with Crippen molar-refractivity contribution < 1.29 is 4.39 Å². The Labute approximate surface area is 141 Å². The molecular formula is C16H10ClFN4S. The first-order chi connectivity index (χ1) is 11.2. The second kappa shape index (κ2) is 6.82. The molecule has 0 spiro atoms. The summed E-state index contributed by atoms with van der Waals surface area (Å²) in [7, 11) is 0. The molecule has 0 bridgehead atoms. The lowest BCUT2D eigenvalue weighted by Gasteiger charge is -2.12. The third kappa shape index (κ3) is 3.21. The second-order valence-corrected chi connectivity index (χ2v) is 5.99. The van der Waals surface area contributed by atoms with E-state index in [1.54, 1.807) is 0 Å². The Balaban J connectivity index is 2.01. The summed E-state index contributed by atoms with van der Waals surface area (Å²) in [4.78, 5) is 4.33. The molecule has 7 heteroatoms. The van der Waals surface area contributed by atoms with E-state index in [1.165, 1.54) is 35.2 Å². The lowest BCUT2D eigenvalue weighted by Crippen LogP contribution is -2.02. The van der Waals surface area contributed by atoms with Crippen molar-refractivity contribution in [2.24, 2.45) is 0 Å². The molecule has 0 saturated heterocycles. The molecule has 4 nitrogen and oxygen atoms in total. The van der Waals surface area contributed by atoms with Crippen molar-refractivity contribution in [1.82, 2.24) is 14.8 Å². The zero-order valence-corrected chi connectivity index (χ0v) is 13.4. The molecule has 0 aliphatic rings. The summed E-state index contributed by atoms with van der Waals surface area (Å²) in [5, 5.41) is 13.3. The molecule has 3 rings (SSSR count). The van der Waals surface area contributed by atoms with Crippen molar-refractivity contribution in [3.8, 4) is 11.8 Å². The Kier molecular flexibility index (Phi) is 4.60. The van der Waals surface area contributed by atoms with Crippen LogP contribution >= 0.6 is 23.4 Å². The minimum atomic E-state index is -0.610. The SMILES string of the molecule is N#Cc1cc(F)c(-n2cncn2)c(Cl)c1SCc1ccccc1. The van der Waals surface area contributed by atoms with E-state index in [4.69, 9.17) is 11.6 Å². The highest BCUT2D eigenvalue weighted by Gasteiger charge is 2.19. The van der Waals surface area contributed by atoms with Crippen LogP contribution in [0.3, 0.4) is 0 Å². The standard InChI is InChI=1S/C16H10ClFN4S/c17-14-15(22-10-20-9-21-22)13(18)6-12(7-19)16(14)23-8-11-4-2-1-3-5-11/h1-6,9-10H,8H2. The van der Waals surface area contributed by atoms with Gasteiger partial charge in [0.15, 0.2) is 5.82 Å². The van der Waals surface area contributed by atoms with Crippen LogP contribution in [0.15, 0.2) is 53.9 Å². The van der Waals surface area contributed by atoms with Crippen molar-refractivity contribution in [2.45, 2.75) is 10.6 Å². The topological polar surface area (TPSA) is 54.5 Å². The number of hydrogen-bond donors (Lipinski definition) is 0. The van der Waals surface area contributed by atoms with Crippen LogP contribution in [-0.2, 0) is 5.75 Å². The molecule has 0 radical (unpaired) electrons. The summed E-state index contributed by atoms with van der Waals surface area (Å²) in [6, 6.07) is 12.9. The van der Waals surface area contributed by atoms with Crippen molar-refractivity contribution in [2.75, 3.05) is 0 Å². The van der Waals surface area contributed by atoms with E-state index in [2.05, 4.69) is 10.1 Å². The molecule has 0 saturated carbocycles. The maximum atomic E-state index is 14.3. The minimum Gasteiger partial charge on any atom is -0.223 e. The fraction of sp³-hybridized carbons (Fsp3) is 0.0625. The van der Waals surface area contributed by atoms with Crippen LogP contribution in [0, 0.1) is 17.1 Å². The van der Waals surface area contributed by atoms with Gasteiger partial charge in [-0.2, -0.15) is 10.4 Å². The number of aromatic nitrogens is 3. The minimum absolute atomic E-state index is 0.0960. The Morgan fingerprint density at radius 2 is 2.09 bits per heavy atom. The third-order valence-electron chi connectivity index (χ3n) is 3.14. The molecule has 0 fully saturated rings. The number of hydrogen-bond acceptors (Lipinski definition) is 4. The Bertz CT molecular complexity index is 860. The zero-order valence-electron chi connectivity index (χ0n) is 11.8. The van der Waals surface area contributed by atoms with Crippen LogP contribution in [-0.4, -0.2) is 14.8 Å². The lowest BCUT2D eigenvalue weighted by atomic mass is 10.2. The average molecular weight is 345 g/mol. The van der Waals surface area contributed by atoms with Crippen LogP contribution in [0.4, 0.5) is 4.39 Å². The van der Waals surface area contributed by atoms with Crippen LogP contribution < -0.4 is 0 Å². The monoisotopic (exact) mass is 344 g/mol. The van der Waals surface area contributed by atoms with E-state index in [9.17, 15) is 9.65 Å². The Morgan fingerprint density at radius 3 is 2.74 bits per heavy atom. The lowest BCUT2D eigenvalue weighted by molar-refractivity contribution is 0.608. The van der Waals surface area contributed by atoms with Gasteiger partial charge >= 0.3 is 0 Å². The molecule has 3 aromatic rings. The molecule has 114 valence electrons. The van der Waals surface area contributed by atoms with Crippen molar-refractivity contribution in [3.05, 3.63) is 71.0 Å². The van der Waals surface area contributed by atoms with Crippen LogP contribution in [0.5, 0.6) is 0 Å². The normalized spacial score (nSPS) is 10.5. The molecule has 0 aliphatic heterocycles. The molecule has 0 atom stereocenters. The van der Waals surface area contributed by atoms with Gasteiger partial charge < -0.3 is 0 Å². The van der Waals surface area contributed by atoms with Crippen molar-refractivity contribution in [1.29, 1.82) is 5.26 Å². The van der Waals surface area contributed by atoms with Gasteiger partial charge in [-0.25, -0.2) is 14.1 Å². The number of benzene rings is 2. The summed E-state index contributed by atoms with van der Waals surface area (Å²) < 4.78 is 15.5. The van der Waals surface area contributed by atoms with Crippen LogP contribution in [0.2, 0.25) is 5.02 Å². The fourth-order valence-corrected chi connectivity index (χ4v) is 3.51. The van der Waals surface area contributed by atoms with E-state index >= 15 is 0 Å². The van der Waals surface area contributed by atoms with E-state index < -0.39 is 5.82 Å². The maximum Gasteiger partial charge on any atom is 0.151 e. The fourth-order valence-electron chi connectivity index (χ4n) is 2.08. The van der Waals surface area contributed by atoms with Gasteiger partial charge in [0.05, 0.1) is 10.6 Å². The summed E-state index contributed by atoms with van der Waals surface area (Å²) in [6.07, 6.45) is 2.66. The molecular weight excluding hydrogens is 335 g/mol. The molecule has 1 heterocycles. The van der Waals surface area contributed by atoms with Crippen LogP contribution in [0.1, 0.15) is 11.1 Å². The number of nitriles is 1. The smallest absolute Gasteiger partial charge is 0.151 e. The first-order valence-electron chi connectivity index (χ1n) is 6.64. The summed E-state index contributed by atoms with van der Waals surface area (Å²) in [6.45, 7) is 0. The highest BCUT2D eigenvalue weighted by Crippen LogP contribution is 2.38. The maximum absolute atomic E-state index is 14.3. The van der Waals surface area contributed by atoms with Crippen molar-refractivity contribution in [3.63, 3.8) is 0 Å². The van der Waals surface area contributed by atoms with Gasteiger partial charge in [0.1, 0.15) is 24.4 Å². The molecule has 0 amide bonds. The quantitative estimate of drug-likeness (QED) is 0.665. The average Bonchev–Trinajstić information content (AvgIpc) is 3.08. The highest BCUT2D eigenvalue weighted by atomic mass is 35.5. The predicted octanol–water partition coefficient (Wildman–Crippen LogP) is 4.22. The second-order valence-electron chi connectivity index (χ2n) is 4.62. The van der Waals surface area contributed by atoms with Gasteiger partial charge in [0.2, 0.25) is 0 Å². The number of thioether (sulfide) groups is 1. The van der Waals surface area contributed by atoms with E-state index in [0.29, 0.717) is 10.6 Å². The molecule has 0 unspecified atom stereocenters. The van der Waals surface area contributed by atoms with E-state index in [-0.39, 0.29) is 16.3 Å². The van der Waals surface area contributed by atoms with Gasteiger partial charge in [-0.05, 0) is 11.6 Å². The summed E-state index contributed by atoms with van der Waals surface area (Å²) in [5.41, 5.74) is 1.39. The Hall–Kier alpha value is -2.36. The van der Waals surface area contributed by atoms with Gasteiger partial charge in [-0.15, -0.1) is 11.8 Å². The van der Waals surface area contributed by atoms with Gasteiger partial charge in [-0.1, -0.05) is 41.9 Å². The number of nitrogens with zero attached hydrogens (tertiary/aromatic N) is 4. The first-order valence-corrected chi connectivity index (χ1v) is 8.01. The predicted molar refractivity (Wildman–Crippen MR) is 87.0 cm³/mol. The molecule has 1 aromatic heterocycles. The molecule has 23 heavy (non-hydrogen) atoms. The van der Waals surface area contributed by atoms with E-state index in [0.717, 1.165) is 5.56 Å².